The van der Waals surface area contributed by atoms with Crippen LogP contribution in [0.3, 0.4) is 0 Å². The van der Waals surface area contributed by atoms with E-state index in [4.69, 9.17) is 5.73 Å². The number of carbonyl (C=O) groups is 2. The van der Waals surface area contributed by atoms with E-state index >= 15 is 0 Å². The lowest BCUT2D eigenvalue weighted by atomic mass is 9.83. The number of aromatic nitrogens is 3. The van der Waals surface area contributed by atoms with Crippen molar-refractivity contribution in [3.8, 4) is 0 Å². The van der Waals surface area contributed by atoms with Crippen molar-refractivity contribution in [1.29, 1.82) is 0 Å². The Morgan fingerprint density at radius 3 is 2.28 bits per heavy atom. The lowest BCUT2D eigenvalue weighted by Crippen LogP contribution is -2.63. The van der Waals surface area contributed by atoms with E-state index in [2.05, 4.69) is 29.7 Å². The average Bonchev–Trinajstić information content (AvgIpc) is 3.34. The summed E-state index contributed by atoms with van der Waals surface area (Å²) < 4.78 is 0. The second kappa shape index (κ2) is 10.7. The zero-order chi connectivity index (χ0) is 27.0. The molecule has 0 aromatic carbocycles. The quantitative estimate of drug-likeness (QED) is 0.518. The fourth-order valence-corrected chi connectivity index (χ4v) is 7.56. The van der Waals surface area contributed by atoms with Crippen molar-refractivity contribution in [2.45, 2.75) is 44.6 Å². The number of amides is 2. The minimum atomic E-state index is -0.636. The predicted molar refractivity (Wildman–Crippen MR) is 153 cm³/mol. The van der Waals surface area contributed by atoms with Crippen molar-refractivity contribution in [1.82, 2.24) is 24.8 Å². The lowest BCUT2D eigenvalue weighted by molar-refractivity contribution is -0.134. The highest BCUT2D eigenvalue weighted by atomic mass is 32.1. The minimum absolute atomic E-state index is 0.0122. The number of anilines is 2. The molecular formula is C28H36N8O2S. The molecule has 10 nitrogen and oxygen atoms in total. The van der Waals surface area contributed by atoms with E-state index < -0.39 is 5.54 Å². The van der Waals surface area contributed by atoms with Gasteiger partial charge in [0.1, 0.15) is 28.3 Å². The number of nitrogens with two attached hydrogens (primary N) is 1. The first-order valence-electron chi connectivity index (χ1n) is 14.0. The van der Waals surface area contributed by atoms with Crippen molar-refractivity contribution in [2.75, 3.05) is 62.2 Å². The second-order valence-corrected chi connectivity index (χ2v) is 11.8. The molecule has 3 aromatic rings. The number of hydrogen-bond acceptors (Lipinski definition) is 9. The molecule has 3 aromatic heterocycles. The van der Waals surface area contributed by atoms with E-state index in [1.807, 2.05) is 36.2 Å². The third kappa shape index (κ3) is 4.71. The number of pyridine rings is 1. The molecule has 39 heavy (non-hydrogen) atoms. The summed E-state index contributed by atoms with van der Waals surface area (Å²) in [6.45, 7) is 8.22. The zero-order valence-corrected chi connectivity index (χ0v) is 23.3. The van der Waals surface area contributed by atoms with E-state index in [0.29, 0.717) is 30.8 Å². The number of piperidine rings is 2. The van der Waals surface area contributed by atoms with Crippen LogP contribution in [-0.2, 0) is 4.79 Å². The van der Waals surface area contributed by atoms with E-state index in [9.17, 15) is 9.59 Å². The Balaban J connectivity index is 1.19. The molecule has 0 aliphatic carbocycles. The van der Waals surface area contributed by atoms with Crippen molar-refractivity contribution >= 4 is 45.0 Å². The van der Waals surface area contributed by atoms with Gasteiger partial charge in [-0.05, 0) is 63.4 Å². The van der Waals surface area contributed by atoms with Gasteiger partial charge in [-0.15, -0.1) is 11.3 Å². The van der Waals surface area contributed by atoms with Crippen LogP contribution >= 0.6 is 11.3 Å². The molecule has 3 saturated heterocycles. The number of thiophene rings is 1. The van der Waals surface area contributed by atoms with E-state index in [0.717, 1.165) is 79.5 Å². The number of hydrogen-bond donors (Lipinski definition) is 1. The van der Waals surface area contributed by atoms with Crippen LogP contribution in [-0.4, -0.2) is 94.5 Å². The Labute approximate surface area is 232 Å². The van der Waals surface area contributed by atoms with Gasteiger partial charge in [0.25, 0.3) is 5.91 Å². The van der Waals surface area contributed by atoms with Gasteiger partial charge in [-0.1, -0.05) is 12.5 Å². The van der Waals surface area contributed by atoms with E-state index in [1.165, 1.54) is 17.8 Å². The van der Waals surface area contributed by atoms with Crippen molar-refractivity contribution < 1.29 is 9.59 Å². The number of rotatable bonds is 5. The summed E-state index contributed by atoms with van der Waals surface area (Å²) in [6.07, 6.45) is 8.00. The highest BCUT2D eigenvalue weighted by Crippen LogP contribution is 2.38. The number of carbonyl (C=O) groups excluding carboxylic acids is 2. The van der Waals surface area contributed by atoms with E-state index in [1.54, 1.807) is 6.33 Å². The number of piperazine rings is 1. The molecule has 0 atom stereocenters. The maximum absolute atomic E-state index is 13.8. The van der Waals surface area contributed by atoms with Crippen LogP contribution in [0.5, 0.6) is 0 Å². The molecule has 0 spiro atoms. The van der Waals surface area contributed by atoms with Crippen LogP contribution in [0.25, 0.3) is 10.2 Å². The van der Waals surface area contributed by atoms with Crippen molar-refractivity contribution in [2.24, 2.45) is 5.73 Å². The van der Waals surface area contributed by atoms with Crippen LogP contribution in [0.2, 0.25) is 0 Å². The van der Waals surface area contributed by atoms with Gasteiger partial charge < -0.3 is 20.4 Å². The molecule has 0 radical (unpaired) electrons. The molecule has 3 fully saturated rings. The molecule has 206 valence electrons. The van der Waals surface area contributed by atoms with Crippen molar-refractivity contribution in [3.05, 3.63) is 41.2 Å². The smallest absolute Gasteiger partial charge is 0.264 e. The number of likely N-dealkylation sites (tertiary alicyclic amines) is 2. The molecule has 3 aliphatic rings. The third-order valence-electron chi connectivity index (χ3n) is 8.75. The molecule has 6 heterocycles. The molecule has 2 amide bonds. The van der Waals surface area contributed by atoms with E-state index in [-0.39, 0.29) is 11.8 Å². The van der Waals surface area contributed by atoms with Gasteiger partial charge in [-0.3, -0.25) is 14.5 Å². The standard InChI is InChI=1S/C28H36N8O2S/c1-20-22-24(34-17-15-33(16-18-34)21-7-3-4-10-30-21)31-19-32-25(22)39-23(20)26(37)35-13-8-28(9-14-35,27(29)38)36-11-5-2-6-12-36/h3-4,7,10,19H,2,5-6,8-9,11-18H2,1H3,(H2,29,38). The molecular weight excluding hydrogens is 512 g/mol. The zero-order valence-electron chi connectivity index (χ0n) is 22.5. The molecule has 11 heteroatoms. The Bertz CT molecular complexity index is 1340. The molecule has 2 N–H and O–H groups in total. The molecule has 6 rings (SSSR count). The molecule has 0 saturated carbocycles. The molecule has 3 aliphatic heterocycles. The Kier molecular flexibility index (Phi) is 7.11. The van der Waals surface area contributed by atoms with Crippen molar-refractivity contribution in [3.63, 3.8) is 0 Å². The highest BCUT2D eigenvalue weighted by Gasteiger charge is 2.46. The normalized spacial score (nSPS) is 20.4. The van der Waals surface area contributed by atoms with Gasteiger partial charge in [0.15, 0.2) is 0 Å². The number of aryl methyl sites for hydroxylation is 1. The summed E-state index contributed by atoms with van der Waals surface area (Å²) in [5, 5.41) is 0.967. The summed E-state index contributed by atoms with van der Waals surface area (Å²) in [5.74, 6) is 1.65. The van der Waals surface area contributed by atoms with Gasteiger partial charge in [-0.2, -0.15) is 0 Å². The van der Waals surface area contributed by atoms with Crippen LogP contribution in [0.4, 0.5) is 11.6 Å². The maximum atomic E-state index is 13.8. The SMILES string of the molecule is Cc1c(C(=O)N2CCC(C(N)=O)(N3CCCCC3)CC2)sc2ncnc(N3CCN(c4ccccn4)CC3)c12. The summed E-state index contributed by atoms with van der Waals surface area (Å²) in [6, 6.07) is 5.99. The fourth-order valence-electron chi connectivity index (χ4n) is 6.45. The third-order valence-corrected chi connectivity index (χ3v) is 9.94. The van der Waals surface area contributed by atoms with Crippen LogP contribution in [0.15, 0.2) is 30.7 Å². The topological polar surface area (TPSA) is 112 Å². The number of primary amides is 1. The molecule has 0 bridgehead atoms. The van der Waals surface area contributed by atoms with Crippen LogP contribution in [0.1, 0.15) is 47.3 Å². The van der Waals surface area contributed by atoms with Gasteiger partial charge in [-0.25, -0.2) is 15.0 Å². The van der Waals surface area contributed by atoms with Gasteiger partial charge in [0.2, 0.25) is 5.91 Å². The number of nitrogens with zero attached hydrogens (tertiary/aromatic N) is 7. The lowest BCUT2D eigenvalue weighted by Gasteiger charge is -2.48. The molecule has 0 unspecified atom stereocenters. The van der Waals surface area contributed by atoms with Gasteiger partial charge >= 0.3 is 0 Å². The van der Waals surface area contributed by atoms with Crippen LogP contribution < -0.4 is 15.5 Å². The summed E-state index contributed by atoms with van der Waals surface area (Å²) >= 11 is 1.44. The Hall–Kier alpha value is -3.31. The highest BCUT2D eigenvalue weighted by molar-refractivity contribution is 7.20. The van der Waals surface area contributed by atoms with Gasteiger partial charge in [0, 0.05) is 45.5 Å². The monoisotopic (exact) mass is 548 g/mol. The largest absolute Gasteiger partial charge is 0.368 e. The van der Waals surface area contributed by atoms with Gasteiger partial charge in [0.05, 0.1) is 10.3 Å². The minimum Gasteiger partial charge on any atom is -0.368 e. The maximum Gasteiger partial charge on any atom is 0.264 e. The summed E-state index contributed by atoms with van der Waals surface area (Å²) in [5.41, 5.74) is 6.26. The average molecular weight is 549 g/mol. The van der Waals surface area contributed by atoms with Crippen LogP contribution in [0, 0.1) is 6.92 Å². The Morgan fingerprint density at radius 2 is 1.62 bits per heavy atom. The first kappa shape index (κ1) is 25.9. The first-order chi connectivity index (χ1) is 19.0. The fraction of sp³-hybridized carbons (Fsp3) is 0.536. The summed E-state index contributed by atoms with van der Waals surface area (Å²) in [7, 11) is 0. The predicted octanol–water partition coefficient (Wildman–Crippen LogP) is 2.67. The Morgan fingerprint density at radius 1 is 0.897 bits per heavy atom. The first-order valence-corrected chi connectivity index (χ1v) is 14.8. The summed E-state index contributed by atoms with van der Waals surface area (Å²) in [4.78, 5) is 50.4. The number of fused-ring (bicyclic) bond motifs is 1. The second-order valence-electron chi connectivity index (χ2n) is 10.8.